The summed E-state index contributed by atoms with van der Waals surface area (Å²) in [7, 11) is 0. The molecule has 7 heteroatoms. The Morgan fingerprint density at radius 2 is 1.82 bits per heavy atom. The molecule has 0 radical (unpaired) electrons. The fourth-order valence-corrected chi connectivity index (χ4v) is 7.41. The third-order valence-corrected chi connectivity index (χ3v) is 9.62. The van der Waals surface area contributed by atoms with Gasteiger partial charge in [-0.25, -0.2) is 5.84 Å². The molecule has 3 atom stereocenters. The molecule has 2 saturated carbocycles. The van der Waals surface area contributed by atoms with Crippen molar-refractivity contribution in [1.82, 2.24) is 9.91 Å². The molecule has 5 N–H and O–H groups in total. The van der Waals surface area contributed by atoms with Gasteiger partial charge in [-0.15, -0.1) is 0 Å². The van der Waals surface area contributed by atoms with Crippen LogP contribution >= 0.6 is 0 Å². The van der Waals surface area contributed by atoms with Gasteiger partial charge in [-0.05, 0) is 107 Å². The molecule has 0 saturated heterocycles. The van der Waals surface area contributed by atoms with Crippen molar-refractivity contribution in [2.45, 2.75) is 103 Å². The first-order chi connectivity index (χ1) is 19.0. The summed E-state index contributed by atoms with van der Waals surface area (Å²) in [5, 5.41) is 11.7. The van der Waals surface area contributed by atoms with Crippen LogP contribution in [0.1, 0.15) is 119 Å². The Morgan fingerprint density at radius 3 is 2.50 bits per heavy atom. The zero-order valence-corrected chi connectivity index (χ0v) is 24.8. The lowest BCUT2D eigenvalue weighted by Gasteiger charge is -2.42. The monoisotopic (exact) mass is 550 g/mol. The number of nitrogens with zero attached hydrogens (tertiary/aromatic N) is 2. The van der Waals surface area contributed by atoms with Gasteiger partial charge >= 0.3 is 0 Å². The fraction of sp³-hybridized carbons (Fsp3) is 0.636. The summed E-state index contributed by atoms with van der Waals surface area (Å²) in [6, 6.07) is 6.99. The standard InChI is InChI=1S/C33H50N4O3/c1-32(2,40)19-8-6-12-25-16-17-29-24(11-10-20-33(25,29)3)18-22-36(35)23-26(34)13-7-9-21-37-30(38)27-14-4-5-15-28(27)31(37)39/h4-5,14-15,18,23,25,29,40H,6-13,16-17,19-22,34-35H2,1-3H3/b24-18+,26-23-. The van der Waals surface area contributed by atoms with E-state index >= 15 is 0 Å². The molecule has 1 aromatic carbocycles. The molecule has 1 heterocycles. The lowest BCUT2D eigenvalue weighted by molar-refractivity contribution is 0.0645. The summed E-state index contributed by atoms with van der Waals surface area (Å²) in [4.78, 5) is 26.4. The smallest absolute Gasteiger partial charge is 0.261 e. The van der Waals surface area contributed by atoms with Gasteiger partial charge in [-0.1, -0.05) is 43.5 Å². The zero-order chi connectivity index (χ0) is 28.9. The van der Waals surface area contributed by atoms with Crippen molar-refractivity contribution >= 4 is 11.8 Å². The van der Waals surface area contributed by atoms with E-state index in [-0.39, 0.29) is 11.8 Å². The number of hydrogen-bond acceptors (Lipinski definition) is 6. The van der Waals surface area contributed by atoms with Gasteiger partial charge in [0, 0.05) is 18.4 Å². The Kier molecular flexibility index (Phi) is 9.78. The highest BCUT2D eigenvalue weighted by Gasteiger charge is 2.48. The summed E-state index contributed by atoms with van der Waals surface area (Å²) < 4.78 is 0. The average Bonchev–Trinajstić information content (AvgIpc) is 3.36. The van der Waals surface area contributed by atoms with Crippen LogP contribution in [0, 0.1) is 17.3 Å². The predicted octanol–water partition coefficient (Wildman–Crippen LogP) is 5.90. The Labute approximate surface area is 240 Å². The number of allylic oxidation sites excluding steroid dienone is 2. The number of aliphatic hydroxyl groups is 1. The minimum absolute atomic E-state index is 0.205. The quantitative estimate of drug-likeness (QED) is 0.0926. The van der Waals surface area contributed by atoms with Crippen LogP contribution in [-0.4, -0.2) is 45.5 Å². The van der Waals surface area contributed by atoms with Crippen LogP contribution in [0.25, 0.3) is 0 Å². The second-order valence-electron chi connectivity index (χ2n) is 13.2. The molecule has 0 spiro atoms. The molecule has 7 nitrogen and oxygen atoms in total. The molecule has 2 fully saturated rings. The van der Waals surface area contributed by atoms with Crippen molar-refractivity contribution in [2.75, 3.05) is 13.1 Å². The zero-order valence-electron chi connectivity index (χ0n) is 24.8. The molecule has 0 aromatic heterocycles. The number of carbonyl (C=O) groups excluding carboxylic acids is 2. The van der Waals surface area contributed by atoms with E-state index < -0.39 is 5.60 Å². The Hall–Kier alpha value is -2.64. The molecule has 0 bridgehead atoms. The maximum Gasteiger partial charge on any atom is 0.261 e. The van der Waals surface area contributed by atoms with E-state index in [1.807, 2.05) is 20.0 Å². The van der Waals surface area contributed by atoms with E-state index in [1.165, 1.54) is 43.4 Å². The summed E-state index contributed by atoms with van der Waals surface area (Å²) in [5.41, 5.74) is 9.35. The van der Waals surface area contributed by atoms with Crippen LogP contribution in [0.4, 0.5) is 0 Å². The number of rotatable bonds is 13. The number of hydrogen-bond donors (Lipinski definition) is 3. The van der Waals surface area contributed by atoms with Crippen molar-refractivity contribution in [3.05, 3.63) is 58.9 Å². The van der Waals surface area contributed by atoms with Crippen LogP contribution in [0.5, 0.6) is 0 Å². The SMILES string of the molecule is CC(C)(O)CCCCC1CCC2/C(=C/CN(N)/C=C(\N)CCCCN3C(=O)c4ccccc4C3=O)CCCC12C. The third kappa shape index (κ3) is 7.16. The molecule has 2 amide bonds. The second kappa shape index (κ2) is 12.9. The topological polar surface area (TPSA) is 113 Å². The number of hydrazine groups is 1. The Bertz CT molecular complexity index is 1090. The highest BCUT2D eigenvalue weighted by Crippen LogP contribution is 2.58. The molecular formula is C33H50N4O3. The second-order valence-corrected chi connectivity index (χ2v) is 13.2. The van der Waals surface area contributed by atoms with Crippen molar-refractivity contribution < 1.29 is 14.7 Å². The molecule has 220 valence electrons. The van der Waals surface area contributed by atoms with Crippen molar-refractivity contribution in [1.29, 1.82) is 0 Å². The van der Waals surface area contributed by atoms with Gasteiger partial charge in [0.05, 0.1) is 23.3 Å². The number of benzene rings is 1. The van der Waals surface area contributed by atoms with Crippen LogP contribution < -0.4 is 11.6 Å². The summed E-state index contributed by atoms with van der Waals surface area (Å²) in [6.45, 7) is 7.37. The van der Waals surface area contributed by atoms with Gasteiger partial charge in [0.2, 0.25) is 0 Å². The van der Waals surface area contributed by atoms with Crippen molar-refractivity contribution in [2.24, 2.45) is 28.8 Å². The highest BCUT2D eigenvalue weighted by molar-refractivity contribution is 6.21. The van der Waals surface area contributed by atoms with Gasteiger partial charge < -0.3 is 15.8 Å². The molecule has 3 unspecified atom stereocenters. The number of nitrogens with two attached hydrogens (primary N) is 2. The molecular weight excluding hydrogens is 500 g/mol. The lowest BCUT2D eigenvalue weighted by atomic mass is 9.62. The minimum Gasteiger partial charge on any atom is -0.401 e. The first-order valence-electron chi connectivity index (χ1n) is 15.3. The number of unbranched alkanes of at least 4 members (excludes halogenated alkanes) is 2. The van der Waals surface area contributed by atoms with Gasteiger partial charge in [0.1, 0.15) is 0 Å². The van der Waals surface area contributed by atoms with E-state index in [2.05, 4.69) is 13.0 Å². The maximum absolute atomic E-state index is 12.5. The van der Waals surface area contributed by atoms with E-state index in [9.17, 15) is 14.7 Å². The van der Waals surface area contributed by atoms with E-state index in [4.69, 9.17) is 11.6 Å². The van der Waals surface area contributed by atoms with E-state index in [0.29, 0.717) is 54.1 Å². The summed E-state index contributed by atoms with van der Waals surface area (Å²) in [5.74, 6) is 7.32. The molecule has 3 aliphatic rings. The normalized spacial score (nSPS) is 26.0. The van der Waals surface area contributed by atoms with Crippen LogP contribution in [-0.2, 0) is 0 Å². The van der Waals surface area contributed by atoms with Crippen molar-refractivity contribution in [3.8, 4) is 0 Å². The fourth-order valence-electron chi connectivity index (χ4n) is 7.41. The molecule has 4 rings (SSSR count). The Morgan fingerprint density at radius 1 is 1.12 bits per heavy atom. The maximum atomic E-state index is 12.5. The molecule has 40 heavy (non-hydrogen) atoms. The highest BCUT2D eigenvalue weighted by atomic mass is 16.3. The summed E-state index contributed by atoms with van der Waals surface area (Å²) in [6.07, 6.45) is 17.1. The first kappa shape index (κ1) is 30.3. The average molecular weight is 551 g/mol. The van der Waals surface area contributed by atoms with E-state index in [1.54, 1.807) is 34.8 Å². The number of imide groups is 1. The van der Waals surface area contributed by atoms with Gasteiger partial charge in [-0.3, -0.25) is 14.5 Å². The number of fused-ring (bicyclic) bond motifs is 2. The van der Waals surface area contributed by atoms with Gasteiger partial charge in [0.25, 0.3) is 11.8 Å². The van der Waals surface area contributed by atoms with Crippen LogP contribution in [0.2, 0.25) is 0 Å². The molecule has 1 aromatic rings. The number of carbonyl (C=O) groups is 2. The largest absolute Gasteiger partial charge is 0.401 e. The number of amides is 2. The first-order valence-corrected chi connectivity index (χ1v) is 15.3. The summed E-state index contributed by atoms with van der Waals surface area (Å²) >= 11 is 0. The third-order valence-electron chi connectivity index (χ3n) is 9.62. The molecule has 2 aliphatic carbocycles. The van der Waals surface area contributed by atoms with Crippen molar-refractivity contribution in [3.63, 3.8) is 0 Å². The van der Waals surface area contributed by atoms with Crippen LogP contribution in [0.15, 0.2) is 47.8 Å². The lowest BCUT2D eigenvalue weighted by Crippen LogP contribution is -2.34. The molecule has 1 aliphatic heterocycles. The van der Waals surface area contributed by atoms with Crippen LogP contribution in [0.3, 0.4) is 0 Å². The van der Waals surface area contributed by atoms with Gasteiger partial charge in [-0.2, -0.15) is 0 Å². The minimum atomic E-state index is -0.559. The van der Waals surface area contributed by atoms with Gasteiger partial charge in [0.15, 0.2) is 0 Å². The van der Waals surface area contributed by atoms with E-state index in [0.717, 1.165) is 31.6 Å². The predicted molar refractivity (Wildman–Crippen MR) is 160 cm³/mol. The Balaban J connectivity index is 1.21.